The molecule has 0 saturated carbocycles. The first-order valence-corrected chi connectivity index (χ1v) is 8.73. The third-order valence-electron chi connectivity index (χ3n) is 3.22. The predicted octanol–water partition coefficient (Wildman–Crippen LogP) is 3.52. The number of hydrogen-bond acceptors (Lipinski definition) is 4. The van der Waals surface area contributed by atoms with Gasteiger partial charge in [0.05, 0.1) is 11.6 Å². The molecule has 0 saturated heterocycles. The number of hydrazine groups is 1. The molecule has 6 nitrogen and oxygen atoms in total. The summed E-state index contributed by atoms with van der Waals surface area (Å²) in [5.74, 6) is -0.502. The zero-order valence-corrected chi connectivity index (χ0v) is 15.6. The van der Waals surface area contributed by atoms with Crippen LogP contribution >= 0.6 is 23.2 Å². The fourth-order valence-electron chi connectivity index (χ4n) is 1.92. The largest absolute Gasteiger partial charge is 0.492 e. The van der Waals surface area contributed by atoms with E-state index >= 15 is 0 Å². The second-order valence-corrected chi connectivity index (χ2v) is 6.21. The highest BCUT2D eigenvalue weighted by Crippen LogP contribution is 2.27. The number of carbonyl (C=O) groups is 2. The predicted molar refractivity (Wildman–Crippen MR) is 99.4 cm³/mol. The third kappa shape index (κ3) is 7.72. The molecule has 0 aliphatic carbocycles. The number of nitrogens with one attached hydrogen (secondary N) is 2. The fourth-order valence-corrected chi connectivity index (χ4v) is 2.39. The molecule has 0 heterocycles. The molecule has 0 radical (unpaired) electrons. The van der Waals surface area contributed by atoms with Gasteiger partial charge in [-0.3, -0.25) is 20.4 Å². The van der Waals surface area contributed by atoms with Crippen molar-refractivity contribution in [3.63, 3.8) is 0 Å². The Bertz CT molecular complexity index is 787. The molecule has 0 fully saturated rings. The molecule has 2 rings (SSSR count). The maximum absolute atomic E-state index is 12.8. The monoisotopic (exact) mass is 414 g/mol. The Labute approximate surface area is 165 Å². The fraction of sp³-hybridized carbons (Fsp3) is 0.222. The first-order chi connectivity index (χ1) is 12.9. The van der Waals surface area contributed by atoms with Crippen molar-refractivity contribution in [1.29, 1.82) is 0 Å². The number of benzene rings is 2. The van der Waals surface area contributed by atoms with Crippen LogP contribution in [0.25, 0.3) is 0 Å². The number of halogens is 3. The molecule has 0 aliphatic heterocycles. The first-order valence-electron chi connectivity index (χ1n) is 7.98. The molecule has 0 spiro atoms. The van der Waals surface area contributed by atoms with Gasteiger partial charge in [-0.25, -0.2) is 4.39 Å². The van der Waals surface area contributed by atoms with Crippen LogP contribution in [0, 0.1) is 5.82 Å². The van der Waals surface area contributed by atoms with Crippen molar-refractivity contribution >= 4 is 35.0 Å². The normalized spacial score (nSPS) is 10.2. The average Bonchev–Trinajstić information content (AvgIpc) is 2.64. The minimum absolute atomic E-state index is 0.143. The number of carbonyl (C=O) groups excluding carboxylic acids is 2. The lowest BCUT2D eigenvalue weighted by Gasteiger charge is -2.10. The van der Waals surface area contributed by atoms with Crippen molar-refractivity contribution in [2.75, 3.05) is 13.2 Å². The van der Waals surface area contributed by atoms with E-state index in [-0.39, 0.29) is 25.5 Å². The molecule has 0 aromatic heterocycles. The number of rotatable bonds is 8. The van der Waals surface area contributed by atoms with Gasteiger partial charge in [0.25, 0.3) is 5.91 Å². The summed E-state index contributed by atoms with van der Waals surface area (Å²) in [5.41, 5.74) is 4.49. The molecular weight excluding hydrogens is 398 g/mol. The van der Waals surface area contributed by atoms with Gasteiger partial charge in [-0.05, 0) is 48.9 Å². The molecule has 9 heteroatoms. The highest BCUT2D eigenvalue weighted by atomic mass is 35.5. The molecule has 0 bridgehead atoms. The van der Waals surface area contributed by atoms with E-state index in [1.807, 2.05) is 0 Å². The van der Waals surface area contributed by atoms with Crippen LogP contribution in [0.3, 0.4) is 0 Å². The maximum Gasteiger partial charge on any atom is 0.276 e. The Kier molecular flexibility index (Phi) is 8.16. The van der Waals surface area contributed by atoms with Crippen molar-refractivity contribution in [3.05, 3.63) is 58.3 Å². The Balaban J connectivity index is 1.58. The number of ether oxygens (including phenoxy) is 2. The summed E-state index contributed by atoms with van der Waals surface area (Å²) in [4.78, 5) is 23.3. The Morgan fingerprint density at radius 3 is 2.37 bits per heavy atom. The minimum atomic E-state index is -0.545. The maximum atomic E-state index is 12.8. The van der Waals surface area contributed by atoms with Gasteiger partial charge in [0.15, 0.2) is 6.61 Å². The van der Waals surface area contributed by atoms with Crippen molar-refractivity contribution in [2.24, 2.45) is 0 Å². The van der Waals surface area contributed by atoms with E-state index in [2.05, 4.69) is 10.9 Å². The number of hydrogen-bond donors (Lipinski definition) is 2. The molecule has 2 aromatic carbocycles. The van der Waals surface area contributed by atoms with E-state index in [0.29, 0.717) is 28.0 Å². The molecule has 2 amide bonds. The van der Waals surface area contributed by atoms with Gasteiger partial charge in [0.2, 0.25) is 5.91 Å². The smallest absolute Gasteiger partial charge is 0.276 e. The van der Waals surface area contributed by atoms with Gasteiger partial charge in [-0.2, -0.15) is 0 Å². The molecule has 2 aromatic rings. The Morgan fingerprint density at radius 2 is 1.67 bits per heavy atom. The van der Waals surface area contributed by atoms with Crippen molar-refractivity contribution in [2.45, 2.75) is 12.8 Å². The molecule has 27 heavy (non-hydrogen) atoms. The SMILES string of the molecule is O=C(CCCOc1ccc(Cl)cc1Cl)NNC(=O)COc1ccc(F)cc1. The lowest BCUT2D eigenvalue weighted by Crippen LogP contribution is -2.43. The second kappa shape index (κ2) is 10.6. The van der Waals surface area contributed by atoms with Crippen LogP contribution in [0.1, 0.15) is 12.8 Å². The van der Waals surface area contributed by atoms with Gasteiger partial charge in [0, 0.05) is 11.4 Å². The van der Waals surface area contributed by atoms with E-state index in [0.717, 1.165) is 0 Å². The quantitative estimate of drug-likeness (QED) is 0.511. The molecule has 144 valence electrons. The summed E-state index contributed by atoms with van der Waals surface area (Å²) in [5, 5.41) is 0.895. The summed E-state index contributed by atoms with van der Waals surface area (Å²) < 4.78 is 23.4. The van der Waals surface area contributed by atoms with Crippen molar-refractivity contribution in [3.8, 4) is 11.5 Å². The van der Waals surface area contributed by atoms with Crippen LogP contribution in [0.4, 0.5) is 4.39 Å². The van der Waals surface area contributed by atoms with Crippen LogP contribution in [-0.4, -0.2) is 25.0 Å². The van der Waals surface area contributed by atoms with Crippen LogP contribution in [0.15, 0.2) is 42.5 Å². The molecule has 0 atom stereocenters. The van der Waals surface area contributed by atoms with Gasteiger partial charge in [-0.15, -0.1) is 0 Å². The minimum Gasteiger partial charge on any atom is -0.492 e. The first kappa shape index (κ1) is 20.8. The van der Waals surface area contributed by atoms with Crippen LogP contribution in [-0.2, 0) is 9.59 Å². The second-order valence-electron chi connectivity index (χ2n) is 5.37. The van der Waals surface area contributed by atoms with E-state index in [4.69, 9.17) is 32.7 Å². The lowest BCUT2D eigenvalue weighted by molar-refractivity contribution is -0.130. The zero-order chi connectivity index (χ0) is 19.6. The summed E-state index contributed by atoms with van der Waals surface area (Å²) in [7, 11) is 0. The van der Waals surface area contributed by atoms with E-state index < -0.39 is 11.7 Å². The van der Waals surface area contributed by atoms with E-state index in [1.165, 1.54) is 24.3 Å². The number of amides is 2. The van der Waals surface area contributed by atoms with E-state index in [1.54, 1.807) is 18.2 Å². The topological polar surface area (TPSA) is 76.7 Å². The molecular formula is C18H17Cl2FN2O4. The molecule has 2 N–H and O–H groups in total. The summed E-state index contributed by atoms with van der Waals surface area (Å²) in [6, 6.07) is 10.1. The average molecular weight is 415 g/mol. The Hall–Kier alpha value is -2.51. The van der Waals surface area contributed by atoms with Crippen LogP contribution in [0.5, 0.6) is 11.5 Å². The molecule has 0 unspecified atom stereocenters. The summed E-state index contributed by atoms with van der Waals surface area (Å²) >= 11 is 11.8. The highest BCUT2D eigenvalue weighted by Gasteiger charge is 2.07. The van der Waals surface area contributed by atoms with Crippen LogP contribution < -0.4 is 20.3 Å². The van der Waals surface area contributed by atoms with Crippen molar-refractivity contribution in [1.82, 2.24) is 10.9 Å². The molecule has 0 aliphatic rings. The highest BCUT2D eigenvalue weighted by molar-refractivity contribution is 6.35. The van der Waals surface area contributed by atoms with Gasteiger partial charge < -0.3 is 9.47 Å². The zero-order valence-electron chi connectivity index (χ0n) is 14.1. The summed E-state index contributed by atoms with van der Waals surface area (Å²) in [6.07, 6.45) is 0.567. The lowest BCUT2D eigenvalue weighted by atomic mass is 10.3. The van der Waals surface area contributed by atoms with Gasteiger partial charge >= 0.3 is 0 Å². The van der Waals surface area contributed by atoms with Gasteiger partial charge in [-0.1, -0.05) is 23.2 Å². The van der Waals surface area contributed by atoms with Crippen LogP contribution in [0.2, 0.25) is 10.0 Å². The standard InChI is InChI=1S/C18H17Cl2FN2O4/c19-12-3-8-16(15(20)10-12)26-9-1-2-17(24)22-23-18(25)11-27-14-6-4-13(21)5-7-14/h3-8,10H,1-2,9,11H2,(H,22,24)(H,23,25). The van der Waals surface area contributed by atoms with Gasteiger partial charge in [0.1, 0.15) is 17.3 Å². The Morgan fingerprint density at radius 1 is 0.963 bits per heavy atom. The summed E-state index contributed by atoms with van der Waals surface area (Å²) in [6.45, 7) is -0.0412. The third-order valence-corrected chi connectivity index (χ3v) is 3.76. The van der Waals surface area contributed by atoms with Crippen molar-refractivity contribution < 1.29 is 23.5 Å². The van der Waals surface area contributed by atoms with E-state index in [9.17, 15) is 14.0 Å².